The number of benzene rings is 1. The molecule has 2 aromatic rings. The molecule has 0 unspecified atom stereocenters. The van der Waals surface area contributed by atoms with Crippen molar-refractivity contribution in [3.63, 3.8) is 0 Å². The monoisotopic (exact) mass is 315 g/mol. The summed E-state index contributed by atoms with van der Waals surface area (Å²) < 4.78 is 0. The van der Waals surface area contributed by atoms with Gasteiger partial charge in [0, 0.05) is 5.69 Å². The summed E-state index contributed by atoms with van der Waals surface area (Å²) in [5.74, 6) is -1.12. The van der Waals surface area contributed by atoms with Gasteiger partial charge in [0.05, 0.1) is 12.5 Å². The van der Waals surface area contributed by atoms with E-state index in [2.05, 4.69) is 15.5 Å². The van der Waals surface area contributed by atoms with Crippen LogP contribution in [-0.4, -0.2) is 27.2 Å². The maximum absolute atomic E-state index is 12.4. The van der Waals surface area contributed by atoms with Gasteiger partial charge in [0.25, 0.3) is 5.91 Å². The van der Waals surface area contributed by atoms with Crippen molar-refractivity contribution in [2.75, 3.05) is 0 Å². The number of carboxylic acid groups (broad SMARTS) is 1. The molecule has 0 saturated carbocycles. The predicted octanol–water partition coefficient (Wildman–Crippen LogP) is 2.79. The van der Waals surface area contributed by atoms with Crippen molar-refractivity contribution in [3.8, 4) is 0 Å². The van der Waals surface area contributed by atoms with Crippen molar-refractivity contribution < 1.29 is 14.7 Å². The first-order valence-electron chi connectivity index (χ1n) is 7.52. The highest BCUT2D eigenvalue weighted by Gasteiger charge is 2.21. The lowest BCUT2D eigenvalue weighted by molar-refractivity contribution is -0.137. The van der Waals surface area contributed by atoms with Crippen molar-refractivity contribution in [3.05, 3.63) is 52.8 Å². The summed E-state index contributed by atoms with van der Waals surface area (Å²) in [4.78, 5) is 23.5. The lowest BCUT2D eigenvalue weighted by Gasteiger charge is -2.18. The van der Waals surface area contributed by atoms with E-state index in [4.69, 9.17) is 5.11 Å². The molecule has 0 aliphatic rings. The summed E-state index contributed by atoms with van der Waals surface area (Å²) in [6.45, 7) is 5.88. The molecule has 0 aliphatic carbocycles. The van der Waals surface area contributed by atoms with Crippen LogP contribution in [0.25, 0.3) is 0 Å². The number of amides is 1. The van der Waals surface area contributed by atoms with Crippen molar-refractivity contribution in [2.24, 2.45) is 0 Å². The first-order valence-corrected chi connectivity index (χ1v) is 7.52. The molecule has 0 radical (unpaired) electrons. The maximum atomic E-state index is 12.4. The quantitative estimate of drug-likeness (QED) is 0.764. The van der Waals surface area contributed by atoms with Crippen molar-refractivity contribution in [2.45, 2.75) is 39.2 Å². The average molecular weight is 315 g/mol. The Morgan fingerprint density at radius 2 is 2.00 bits per heavy atom. The van der Waals surface area contributed by atoms with Gasteiger partial charge in [0.15, 0.2) is 0 Å². The zero-order valence-corrected chi connectivity index (χ0v) is 13.5. The summed E-state index contributed by atoms with van der Waals surface area (Å²) >= 11 is 0. The third-order valence-electron chi connectivity index (χ3n) is 3.70. The molecule has 0 fully saturated rings. The number of rotatable bonds is 6. The highest BCUT2D eigenvalue weighted by Crippen LogP contribution is 2.21. The Morgan fingerprint density at radius 3 is 2.57 bits per heavy atom. The van der Waals surface area contributed by atoms with Crippen LogP contribution in [0.15, 0.2) is 30.3 Å². The van der Waals surface area contributed by atoms with Crippen LogP contribution in [0.2, 0.25) is 0 Å². The fourth-order valence-corrected chi connectivity index (χ4v) is 2.37. The molecule has 1 heterocycles. The van der Waals surface area contributed by atoms with Gasteiger partial charge < -0.3 is 10.4 Å². The van der Waals surface area contributed by atoms with Crippen LogP contribution in [0.1, 0.15) is 59.5 Å². The van der Waals surface area contributed by atoms with E-state index in [1.165, 1.54) is 0 Å². The van der Waals surface area contributed by atoms with Gasteiger partial charge in [-0.15, -0.1) is 0 Å². The fourth-order valence-electron chi connectivity index (χ4n) is 2.37. The van der Waals surface area contributed by atoms with Crippen molar-refractivity contribution in [1.29, 1.82) is 0 Å². The second-order valence-electron chi connectivity index (χ2n) is 5.84. The molecule has 23 heavy (non-hydrogen) atoms. The molecule has 1 aromatic carbocycles. The third-order valence-corrected chi connectivity index (χ3v) is 3.70. The minimum Gasteiger partial charge on any atom is -0.481 e. The number of H-pyrrole nitrogens is 1. The zero-order chi connectivity index (χ0) is 17.0. The number of aromatic amines is 1. The van der Waals surface area contributed by atoms with Crippen molar-refractivity contribution in [1.82, 2.24) is 15.5 Å². The minimum absolute atomic E-state index is 0.182. The predicted molar refractivity (Wildman–Crippen MR) is 86.3 cm³/mol. The number of aliphatic carboxylic acids is 1. The Hall–Kier alpha value is -2.63. The molecule has 2 rings (SSSR count). The topological polar surface area (TPSA) is 95.1 Å². The van der Waals surface area contributed by atoms with Crippen LogP contribution in [0, 0.1) is 6.92 Å². The number of nitrogens with zero attached hydrogens (tertiary/aromatic N) is 1. The van der Waals surface area contributed by atoms with Crippen LogP contribution in [-0.2, 0) is 4.79 Å². The van der Waals surface area contributed by atoms with E-state index in [1.54, 1.807) is 6.07 Å². The summed E-state index contributed by atoms with van der Waals surface area (Å²) in [5, 5.41) is 18.7. The minimum atomic E-state index is -0.969. The molecule has 0 aliphatic heterocycles. The Morgan fingerprint density at radius 1 is 1.30 bits per heavy atom. The summed E-state index contributed by atoms with van der Waals surface area (Å²) in [6, 6.07) is 8.51. The Labute approximate surface area is 134 Å². The number of hydrogen-bond acceptors (Lipinski definition) is 3. The average Bonchev–Trinajstić information content (AvgIpc) is 2.96. The van der Waals surface area contributed by atoms with E-state index < -0.39 is 12.0 Å². The van der Waals surface area contributed by atoms with Gasteiger partial charge in [-0.25, -0.2) is 0 Å². The summed E-state index contributed by atoms with van der Waals surface area (Å²) in [5.41, 5.74) is 2.85. The number of carboxylic acids is 1. The molecule has 1 atom stereocenters. The molecule has 1 aromatic heterocycles. The van der Waals surface area contributed by atoms with Gasteiger partial charge in [-0.2, -0.15) is 5.10 Å². The normalized spacial score (nSPS) is 12.2. The highest BCUT2D eigenvalue weighted by atomic mass is 16.4. The molecule has 6 heteroatoms. The number of nitrogens with one attached hydrogen (secondary N) is 2. The Kier molecular flexibility index (Phi) is 5.16. The highest BCUT2D eigenvalue weighted by molar-refractivity contribution is 5.93. The molecule has 0 spiro atoms. The van der Waals surface area contributed by atoms with Crippen LogP contribution >= 0.6 is 0 Å². The molecule has 6 nitrogen and oxygen atoms in total. The smallest absolute Gasteiger partial charge is 0.305 e. The number of hydrogen-bond donors (Lipinski definition) is 3. The largest absolute Gasteiger partial charge is 0.481 e. The molecular weight excluding hydrogens is 294 g/mol. The number of aromatic nitrogens is 2. The second kappa shape index (κ2) is 7.09. The standard InChI is InChI=1S/C17H21N3O3/c1-10(2)13-8-15(20-19-13)17(23)18-14(9-16(21)22)12-7-5-4-6-11(12)3/h4-8,10,14H,9H2,1-3H3,(H,18,23)(H,19,20)(H,21,22)/t14-/m0/s1. The van der Waals surface area contributed by atoms with Crippen LogP contribution in [0.4, 0.5) is 0 Å². The molecule has 0 saturated heterocycles. The summed E-state index contributed by atoms with van der Waals surface area (Å²) in [6.07, 6.45) is -0.182. The van der Waals surface area contributed by atoms with Gasteiger partial charge in [-0.05, 0) is 30.0 Å². The first kappa shape index (κ1) is 16.7. The van der Waals surface area contributed by atoms with Crippen molar-refractivity contribution >= 4 is 11.9 Å². The van der Waals surface area contributed by atoms with E-state index >= 15 is 0 Å². The fraction of sp³-hybridized carbons (Fsp3) is 0.353. The first-order chi connectivity index (χ1) is 10.9. The summed E-state index contributed by atoms with van der Waals surface area (Å²) in [7, 11) is 0. The zero-order valence-electron chi connectivity index (χ0n) is 13.5. The molecule has 3 N–H and O–H groups in total. The van der Waals surface area contributed by atoms with Crippen LogP contribution < -0.4 is 5.32 Å². The molecular formula is C17H21N3O3. The Bertz CT molecular complexity index is 707. The van der Waals surface area contributed by atoms with Gasteiger partial charge in [-0.3, -0.25) is 14.7 Å². The maximum Gasteiger partial charge on any atom is 0.305 e. The third kappa shape index (κ3) is 4.18. The SMILES string of the molecule is Cc1ccccc1[C@H](CC(=O)O)NC(=O)c1cc(C(C)C)[nH]n1. The lowest BCUT2D eigenvalue weighted by Crippen LogP contribution is -2.31. The molecule has 122 valence electrons. The van der Waals surface area contributed by atoms with E-state index in [-0.39, 0.29) is 23.9 Å². The van der Waals surface area contributed by atoms with E-state index in [0.717, 1.165) is 16.8 Å². The number of aryl methyl sites for hydroxylation is 1. The second-order valence-corrected chi connectivity index (χ2v) is 5.84. The van der Waals surface area contributed by atoms with E-state index in [0.29, 0.717) is 0 Å². The van der Waals surface area contributed by atoms with Gasteiger partial charge in [0.1, 0.15) is 5.69 Å². The van der Waals surface area contributed by atoms with Gasteiger partial charge >= 0.3 is 5.97 Å². The van der Waals surface area contributed by atoms with Crippen LogP contribution in [0.5, 0.6) is 0 Å². The van der Waals surface area contributed by atoms with Crippen LogP contribution in [0.3, 0.4) is 0 Å². The van der Waals surface area contributed by atoms with Gasteiger partial charge in [-0.1, -0.05) is 38.1 Å². The molecule has 1 amide bonds. The Balaban J connectivity index is 2.21. The lowest BCUT2D eigenvalue weighted by atomic mass is 9.98. The van der Waals surface area contributed by atoms with E-state index in [9.17, 15) is 9.59 Å². The van der Waals surface area contributed by atoms with Gasteiger partial charge in [0.2, 0.25) is 0 Å². The number of carbonyl (C=O) groups excluding carboxylic acids is 1. The molecule has 0 bridgehead atoms. The van der Waals surface area contributed by atoms with E-state index in [1.807, 2.05) is 45.0 Å². The number of carbonyl (C=O) groups is 2.